The molecule has 0 saturated carbocycles. The van der Waals surface area contributed by atoms with Crippen LogP contribution in [0.1, 0.15) is 123 Å². The minimum Gasteiger partial charge on any atom is -0.512 e. The third kappa shape index (κ3) is 9.59. The predicted octanol–water partition coefficient (Wildman–Crippen LogP) is 12.6. The van der Waals surface area contributed by atoms with Crippen LogP contribution >= 0.6 is 0 Å². The molecular weight excluding hydrogens is 779 g/mol. The van der Waals surface area contributed by atoms with Crippen molar-refractivity contribution in [3.05, 3.63) is 101 Å². The van der Waals surface area contributed by atoms with Crippen LogP contribution in [0.25, 0.3) is 33.3 Å². The van der Waals surface area contributed by atoms with Gasteiger partial charge in [0.2, 0.25) is 0 Å². The quantitative estimate of drug-likeness (QED) is 0.0791. The van der Waals surface area contributed by atoms with Crippen LogP contribution in [-0.4, -0.2) is 15.9 Å². The second-order valence-electron chi connectivity index (χ2n) is 15.2. The molecule has 4 aromatic rings. The first-order valence-electron chi connectivity index (χ1n) is 18.2. The van der Waals surface area contributed by atoms with Crippen molar-refractivity contribution in [2.24, 2.45) is 11.8 Å². The van der Waals surface area contributed by atoms with E-state index in [1.807, 2.05) is 27.7 Å². The van der Waals surface area contributed by atoms with Gasteiger partial charge in [0.25, 0.3) is 0 Å². The third-order valence-electron chi connectivity index (χ3n) is 10.6. The van der Waals surface area contributed by atoms with Crippen LogP contribution in [0.15, 0.2) is 72.5 Å². The van der Waals surface area contributed by atoms with Crippen molar-refractivity contribution in [2.45, 2.75) is 125 Å². The fourth-order valence-corrected chi connectivity index (χ4v) is 7.47. The zero-order chi connectivity index (χ0) is 35.2. The molecule has 1 radical (unpaired) electrons. The summed E-state index contributed by atoms with van der Waals surface area (Å²) in [4.78, 5) is 16.8. The molecule has 0 spiro atoms. The molecule has 0 atom stereocenters. The number of aromatic nitrogens is 1. The van der Waals surface area contributed by atoms with E-state index in [-0.39, 0.29) is 54.3 Å². The summed E-state index contributed by atoms with van der Waals surface area (Å²) in [5, 5.41) is 11.0. The second-order valence-corrected chi connectivity index (χ2v) is 15.2. The van der Waals surface area contributed by atoms with Gasteiger partial charge >= 0.3 is 0 Å². The van der Waals surface area contributed by atoms with Gasteiger partial charge in [-0.2, -0.15) is 0 Å². The predicted molar refractivity (Wildman–Crippen MR) is 205 cm³/mol. The topological polar surface area (TPSA) is 50.2 Å². The van der Waals surface area contributed by atoms with Crippen LogP contribution in [0.3, 0.4) is 0 Å². The summed E-state index contributed by atoms with van der Waals surface area (Å²) in [7, 11) is 0. The van der Waals surface area contributed by atoms with E-state index in [0.717, 1.165) is 48.0 Å². The number of hydrogen-bond acceptors (Lipinski definition) is 3. The summed E-state index contributed by atoms with van der Waals surface area (Å²) in [5.41, 5.74) is 11.4. The number of ketones is 1. The molecule has 1 heterocycles. The Kier molecular flexibility index (Phi) is 14.2. The SMILES string of the molecule is CCC(CC)C(=O)/C=C(\O)C(CC)CC.Cc1[c-]c(-c2cc(-c3ccc4c(c3)C(C)(C)CCCC4(C)C)c3ccccc3n2)cc(C)c1.[Ir]. The maximum absolute atomic E-state index is 11.7. The smallest absolute Gasteiger partial charge is 0.162 e. The average molecular weight is 837 g/mol. The molecule has 0 unspecified atom stereocenters. The third-order valence-corrected chi connectivity index (χ3v) is 10.6. The van der Waals surface area contributed by atoms with Crippen molar-refractivity contribution >= 4 is 16.7 Å². The van der Waals surface area contributed by atoms with E-state index in [2.05, 4.69) is 108 Å². The molecule has 1 aliphatic rings. The van der Waals surface area contributed by atoms with Crippen LogP contribution in [0.4, 0.5) is 0 Å². The summed E-state index contributed by atoms with van der Waals surface area (Å²) in [6, 6.07) is 25.9. The van der Waals surface area contributed by atoms with Gasteiger partial charge in [-0.25, -0.2) is 0 Å². The normalized spacial score (nSPS) is 15.2. The number of para-hydroxylation sites is 1. The Bertz CT molecular complexity index is 1740. The molecule has 1 N–H and O–H groups in total. The monoisotopic (exact) mass is 837 g/mol. The van der Waals surface area contributed by atoms with Gasteiger partial charge in [-0.1, -0.05) is 118 Å². The zero-order valence-electron chi connectivity index (χ0n) is 31.6. The van der Waals surface area contributed by atoms with Gasteiger partial charge in [0.05, 0.1) is 11.3 Å². The number of hydrogen-bond donors (Lipinski definition) is 1. The number of allylic oxidation sites excluding steroid dienone is 2. The Morgan fingerprint density at radius 1 is 0.837 bits per heavy atom. The number of nitrogens with zero attached hydrogens (tertiary/aromatic N) is 1. The summed E-state index contributed by atoms with van der Waals surface area (Å²) in [6.07, 6.45) is 8.65. The molecule has 0 aliphatic heterocycles. The number of benzene rings is 3. The molecule has 0 fully saturated rings. The van der Waals surface area contributed by atoms with E-state index in [4.69, 9.17) is 4.98 Å². The Labute approximate surface area is 310 Å². The largest absolute Gasteiger partial charge is 0.512 e. The number of rotatable bonds is 9. The number of carbonyl (C=O) groups is 1. The Balaban J connectivity index is 0.000000347. The van der Waals surface area contributed by atoms with E-state index < -0.39 is 0 Å². The number of fused-ring (bicyclic) bond motifs is 2. The molecule has 265 valence electrons. The van der Waals surface area contributed by atoms with Crippen LogP contribution in [0.5, 0.6) is 0 Å². The van der Waals surface area contributed by atoms with E-state index in [1.165, 1.54) is 58.5 Å². The fourth-order valence-electron chi connectivity index (χ4n) is 7.47. The number of aliphatic hydroxyl groups excluding tert-OH is 1. The molecule has 0 bridgehead atoms. The number of carbonyl (C=O) groups excluding carboxylic acids is 1. The van der Waals surface area contributed by atoms with Crippen LogP contribution < -0.4 is 0 Å². The van der Waals surface area contributed by atoms with Crippen molar-refractivity contribution in [3.63, 3.8) is 0 Å². The van der Waals surface area contributed by atoms with Gasteiger partial charge in [-0.15, -0.1) is 34.9 Å². The van der Waals surface area contributed by atoms with Crippen molar-refractivity contribution in [2.75, 3.05) is 0 Å². The molecule has 3 nitrogen and oxygen atoms in total. The maximum atomic E-state index is 11.7. The average Bonchev–Trinajstić information content (AvgIpc) is 3.13. The van der Waals surface area contributed by atoms with Crippen LogP contribution in [-0.2, 0) is 35.7 Å². The molecule has 4 heteroatoms. The summed E-state index contributed by atoms with van der Waals surface area (Å²) < 4.78 is 0. The molecule has 0 amide bonds. The van der Waals surface area contributed by atoms with Gasteiger partial charge < -0.3 is 5.11 Å². The van der Waals surface area contributed by atoms with Gasteiger partial charge in [0.1, 0.15) is 0 Å². The molecule has 5 rings (SSSR count). The second kappa shape index (κ2) is 17.2. The molecular formula is C45H58IrNO2-. The summed E-state index contributed by atoms with van der Waals surface area (Å²) in [6.45, 7) is 22.0. The minimum absolute atomic E-state index is 0. The number of pyridine rings is 1. The molecule has 1 aromatic heterocycles. The zero-order valence-corrected chi connectivity index (χ0v) is 34.0. The first-order chi connectivity index (χ1) is 22.7. The van der Waals surface area contributed by atoms with Crippen LogP contribution in [0, 0.1) is 31.7 Å². The van der Waals surface area contributed by atoms with Gasteiger partial charge in [-0.05, 0) is 83.4 Å². The van der Waals surface area contributed by atoms with Crippen molar-refractivity contribution in [1.29, 1.82) is 0 Å². The first-order valence-corrected chi connectivity index (χ1v) is 18.2. The van der Waals surface area contributed by atoms with E-state index in [0.29, 0.717) is 0 Å². The molecule has 0 saturated heterocycles. The maximum Gasteiger partial charge on any atom is 0.162 e. The fraction of sp³-hybridized carbons (Fsp3) is 0.467. The van der Waals surface area contributed by atoms with E-state index >= 15 is 0 Å². The molecule has 3 aromatic carbocycles. The number of aryl methyl sites for hydroxylation is 2. The molecule has 1 aliphatic carbocycles. The van der Waals surface area contributed by atoms with E-state index in [1.54, 1.807) is 0 Å². The van der Waals surface area contributed by atoms with Crippen molar-refractivity contribution < 1.29 is 30.0 Å². The van der Waals surface area contributed by atoms with Crippen molar-refractivity contribution in [3.8, 4) is 22.4 Å². The van der Waals surface area contributed by atoms with Crippen molar-refractivity contribution in [1.82, 2.24) is 4.98 Å². The van der Waals surface area contributed by atoms with Gasteiger partial charge in [-0.3, -0.25) is 9.78 Å². The Morgan fingerprint density at radius 3 is 2.06 bits per heavy atom. The van der Waals surface area contributed by atoms with Gasteiger partial charge in [0, 0.05) is 43.4 Å². The van der Waals surface area contributed by atoms with Gasteiger partial charge in [0.15, 0.2) is 5.78 Å². The Morgan fingerprint density at radius 2 is 1.45 bits per heavy atom. The number of aliphatic hydroxyl groups is 1. The molecule has 49 heavy (non-hydrogen) atoms. The Hall–Kier alpha value is -3.07. The first kappa shape index (κ1) is 40.4. The minimum atomic E-state index is 0. The van der Waals surface area contributed by atoms with E-state index in [9.17, 15) is 9.90 Å². The standard InChI is InChI=1S/C32H34N.C13H24O2.Ir/c1-21-16-22(2)18-24(17-21)30-20-26(25-10-7-8-11-29(25)33-30)23-12-13-27-28(19-23)32(5,6)15-9-14-31(27,3)4;1-5-10(6-2)12(14)9-13(15)11(7-3)8-4;/h7-8,10-13,16-17,19-20H,9,14-15H2,1-6H3;9-11,14H,5-8H2,1-4H3;/q-1;;/b;12-9-;. The van der Waals surface area contributed by atoms with Crippen LogP contribution in [0.2, 0.25) is 0 Å². The summed E-state index contributed by atoms with van der Waals surface area (Å²) >= 11 is 0. The summed E-state index contributed by atoms with van der Waals surface area (Å²) in [5.74, 6) is 0.547.